The van der Waals surface area contributed by atoms with Crippen molar-refractivity contribution in [2.75, 3.05) is 0 Å². The van der Waals surface area contributed by atoms with E-state index < -0.39 is 0 Å². The topological polar surface area (TPSA) is 26.0 Å². The molecule has 1 aliphatic rings. The zero-order valence-electron chi connectivity index (χ0n) is 5.75. The molecule has 1 fully saturated rings. The highest BCUT2D eigenvalue weighted by Gasteiger charge is 2.34. The zero-order chi connectivity index (χ0) is 6.97. The van der Waals surface area contributed by atoms with Crippen LogP contribution in [0.5, 0.6) is 0 Å². The summed E-state index contributed by atoms with van der Waals surface area (Å²) in [6.07, 6.45) is 1.15. The van der Waals surface area contributed by atoms with Crippen molar-refractivity contribution in [3.8, 4) is 0 Å². The van der Waals surface area contributed by atoms with E-state index >= 15 is 0 Å². The van der Waals surface area contributed by atoms with Crippen LogP contribution in [-0.2, 0) is 0 Å². The molecular formula is C9H10N. The fourth-order valence-electron chi connectivity index (χ4n) is 1.24. The van der Waals surface area contributed by atoms with Crippen LogP contribution in [0.25, 0.3) is 0 Å². The third-order valence-electron chi connectivity index (χ3n) is 2.00. The summed E-state index contributed by atoms with van der Waals surface area (Å²) in [4.78, 5) is 0. The SMILES string of the molecule is N[C@@H]1C[C@H]1c1c[c]ccc1. The van der Waals surface area contributed by atoms with Gasteiger partial charge in [-0.05, 0) is 18.1 Å². The normalized spacial score (nSPS) is 30.1. The standard InChI is InChI=1S/C9H10N/c10-9-6-8(9)7-4-2-1-3-5-7/h1-2,4-5,8-9H,6,10H2/t8-,9+/m0/s1. The lowest BCUT2D eigenvalue weighted by atomic mass is 10.1. The number of nitrogens with two attached hydrogens (primary N) is 1. The van der Waals surface area contributed by atoms with E-state index in [1.54, 1.807) is 0 Å². The van der Waals surface area contributed by atoms with E-state index in [4.69, 9.17) is 5.73 Å². The molecule has 10 heavy (non-hydrogen) atoms. The molecular weight excluding hydrogens is 122 g/mol. The van der Waals surface area contributed by atoms with E-state index in [9.17, 15) is 0 Å². The molecule has 1 heteroatoms. The van der Waals surface area contributed by atoms with Crippen molar-refractivity contribution in [3.05, 3.63) is 35.9 Å². The maximum Gasteiger partial charge on any atom is 0.0115 e. The largest absolute Gasteiger partial charge is 0.327 e. The number of hydrogen-bond acceptors (Lipinski definition) is 1. The van der Waals surface area contributed by atoms with Gasteiger partial charge in [-0.1, -0.05) is 24.3 Å². The molecule has 1 aromatic rings. The third-order valence-corrected chi connectivity index (χ3v) is 2.00. The van der Waals surface area contributed by atoms with E-state index in [-0.39, 0.29) is 0 Å². The van der Waals surface area contributed by atoms with E-state index in [0.29, 0.717) is 12.0 Å². The van der Waals surface area contributed by atoms with E-state index in [2.05, 4.69) is 12.1 Å². The van der Waals surface area contributed by atoms with Crippen LogP contribution in [0.4, 0.5) is 0 Å². The van der Waals surface area contributed by atoms with Gasteiger partial charge in [0.1, 0.15) is 0 Å². The van der Waals surface area contributed by atoms with Crippen molar-refractivity contribution >= 4 is 0 Å². The van der Waals surface area contributed by atoms with Crippen LogP contribution in [0.3, 0.4) is 0 Å². The molecule has 1 aliphatic carbocycles. The van der Waals surface area contributed by atoms with Gasteiger partial charge in [-0.15, -0.1) is 0 Å². The molecule has 2 rings (SSSR count). The number of rotatable bonds is 1. The van der Waals surface area contributed by atoms with Crippen LogP contribution in [0.15, 0.2) is 24.3 Å². The quantitative estimate of drug-likeness (QED) is 0.612. The number of benzene rings is 1. The highest BCUT2D eigenvalue weighted by molar-refractivity contribution is 5.26. The summed E-state index contributed by atoms with van der Waals surface area (Å²) in [5, 5.41) is 0. The predicted octanol–water partition coefficient (Wildman–Crippen LogP) is 1.30. The highest BCUT2D eigenvalue weighted by atomic mass is 14.7. The van der Waals surface area contributed by atoms with Crippen molar-refractivity contribution in [2.45, 2.75) is 18.4 Å². The third kappa shape index (κ3) is 0.929. The van der Waals surface area contributed by atoms with Gasteiger partial charge in [0, 0.05) is 12.0 Å². The minimum atomic E-state index is 0.413. The monoisotopic (exact) mass is 132 g/mol. The van der Waals surface area contributed by atoms with E-state index in [0.717, 1.165) is 6.42 Å². The minimum Gasteiger partial charge on any atom is -0.327 e. The second kappa shape index (κ2) is 2.10. The molecule has 0 unspecified atom stereocenters. The summed E-state index contributed by atoms with van der Waals surface area (Å²) in [5.41, 5.74) is 7.03. The Morgan fingerprint density at radius 1 is 1.60 bits per heavy atom. The Labute approximate surface area is 60.9 Å². The van der Waals surface area contributed by atoms with Gasteiger partial charge in [0.25, 0.3) is 0 Å². The van der Waals surface area contributed by atoms with Crippen molar-refractivity contribution < 1.29 is 0 Å². The van der Waals surface area contributed by atoms with Crippen LogP contribution in [0.2, 0.25) is 0 Å². The Morgan fingerprint density at radius 3 is 2.90 bits per heavy atom. The molecule has 0 bridgehead atoms. The molecule has 0 aliphatic heterocycles. The minimum absolute atomic E-state index is 0.413. The lowest BCUT2D eigenvalue weighted by Gasteiger charge is -1.94. The van der Waals surface area contributed by atoms with Crippen LogP contribution in [0.1, 0.15) is 17.9 Å². The van der Waals surface area contributed by atoms with Gasteiger partial charge < -0.3 is 5.73 Å². The Bertz CT molecular complexity index is 217. The van der Waals surface area contributed by atoms with Crippen LogP contribution in [0, 0.1) is 6.07 Å². The molecule has 0 saturated heterocycles. The van der Waals surface area contributed by atoms with Crippen molar-refractivity contribution in [3.63, 3.8) is 0 Å². The molecule has 1 aromatic carbocycles. The molecule has 1 saturated carbocycles. The first-order valence-electron chi connectivity index (χ1n) is 3.59. The maximum absolute atomic E-state index is 5.68. The fraction of sp³-hybridized carbons (Fsp3) is 0.333. The zero-order valence-corrected chi connectivity index (χ0v) is 5.75. The second-order valence-electron chi connectivity index (χ2n) is 2.84. The highest BCUT2D eigenvalue weighted by Crippen LogP contribution is 2.38. The first-order valence-corrected chi connectivity index (χ1v) is 3.59. The lowest BCUT2D eigenvalue weighted by molar-refractivity contribution is 0.990. The fourth-order valence-corrected chi connectivity index (χ4v) is 1.24. The summed E-state index contributed by atoms with van der Waals surface area (Å²) in [7, 11) is 0. The Morgan fingerprint density at radius 2 is 2.40 bits per heavy atom. The second-order valence-corrected chi connectivity index (χ2v) is 2.84. The molecule has 2 N–H and O–H groups in total. The predicted molar refractivity (Wildman–Crippen MR) is 40.6 cm³/mol. The van der Waals surface area contributed by atoms with Crippen LogP contribution >= 0.6 is 0 Å². The summed E-state index contributed by atoms with van der Waals surface area (Å²) >= 11 is 0. The van der Waals surface area contributed by atoms with E-state index in [1.807, 2.05) is 18.2 Å². The summed E-state index contributed by atoms with van der Waals surface area (Å²) < 4.78 is 0. The van der Waals surface area contributed by atoms with Gasteiger partial charge in [-0.3, -0.25) is 0 Å². The molecule has 1 nitrogen and oxygen atoms in total. The van der Waals surface area contributed by atoms with Crippen LogP contribution in [-0.4, -0.2) is 6.04 Å². The van der Waals surface area contributed by atoms with Crippen molar-refractivity contribution in [1.29, 1.82) is 0 Å². The van der Waals surface area contributed by atoms with Gasteiger partial charge >= 0.3 is 0 Å². The summed E-state index contributed by atoms with van der Waals surface area (Å²) in [6.45, 7) is 0. The maximum atomic E-state index is 5.68. The summed E-state index contributed by atoms with van der Waals surface area (Å²) in [5.74, 6) is 0.623. The molecule has 0 heterocycles. The Balaban J connectivity index is 2.20. The Hall–Kier alpha value is -0.820. The van der Waals surface area contributed by atoms with Crippen molar-refractivity contribution in [2.24, 2.45) is 5.73 Å². The van der Waals surface area contributed by atoms with Gasteiger partial charge in [-0.25, -0.2) is 0 Å². The smallest absolute Gasteiger partial charge is 0.0115 e. The molecule has 0 amide bonds. The van der Waals surface area contributed by atoms with Gasteiger partial charge in [0.05, 0.1) is 0 Å². The van der Waals surface area contributed by atoms with E-state index in [1.165, 1.54) is 5.56 Å². The molecule has 0 aromatic heterocycles. The summed E-state index contributed by atoms with van der Waals surface area (Å²) in [6, 6.07) is 11.5. The Kier molecular flexibility index (Phi) is 1.24. The molecule has 1 radical (unpaired) electrons. The van der Waals surface area contributed by atoms with Gasteiger partial charge in [0.15, 0.2) is 0 Å². The van der Waals surface area contributed by atoms with Crippen molar-refractivity contribution in [1.82, 2.24) is 0 Å². The average Bonchev–Trinajstić information content (AvgIpc) is 2.69. The molecule has 0 spiro atoms. The average molecular weight is 132 g/mol. The van der Waals surface area contributed by atoms with Gasteiger partial charge in [-0.2, -0.15) is 0 Å². The van der Waals surface area contributed by atoms with Gasteiger partial charge in [0.2, 0.25) is 0 Å². The number of hydrogen-bond donors (Lipinski definition) is 1. The first-order chi connectivity index (χ1) is 4.88. The molecule has 2 atom stereocenters. The van der Waals surface area contributed by atoms with Crippen LogP contribution < -0.4 is 5.73 Å². The first kappa shape index (κ1) is 5.93. The molecule has 51 valence electrons. The lowest BCUT2D eigenvalue weighted by Crippen LogP contribution is -2.00.